The maximum Gasteiger partial charge on any atom is 0.251 e. The summed E-state index contributed by atoms with van der Waals surface area (Å²) in [5.41, 5.74) is 4.12. The number of methoxy groups -OCH3 is 1. The highest BCUT2D eigenvalue weighted by molar-refractivity contribution is 5.98. The predicted molar refractivity (Wildman–Crippen MR) is 120 cm³/mol. The van der Waals surface area contributed by atoms with Gasteiger partial charge in [-0.3, -0.25) is 4.79 Å². The second-order valence-electron chi connectivity index (χ2n) is 7.64. The zero-order chi connectivity index (χ0) is 22.1. The number of hydrogen-bond donors (Lipinski definition) is 3. The Kier molecular flexibility index (Phi) is 5.20. The van der Waals surface area contributed by atoms with E-state index in [1.807, 2.05) is 24.3 Å². The van der Waals surface area contributed by atoms with Crippen LogP contribution < -0.4 is 10.1 Å². The molecule has 3 N–H and O–H groups in total. The minimum absolute atomic E-state index is 0.0390. The fraction of sp³-hybridized carbons (Fsp3) is 0.208. The molecule has 1 aliphatic rings. The summed E-state index contributed by atoms with van der Waals surface area (Å²) in [6, 6.07) is 14.3. The lowest BCUT2D eigenvalue weighted by Gasteiger charge is -2.10. The Morgan fingerprint density at radius 2 is 2.12 bits per heavy atom. The normalized spacial score (nSPS) is 15.7. The highest BCUT2D eigenvalue weighted by Gasteiger charge is 2.19. The topological polar surface area (TPSA) is 109 Å². The van der Waals surface area contributed by atoms with Gasteiger partial charge in [0, 0.05) is 23.9 Å². The van der Waals surface area contributed by atoms with Crippen molar-refractivity contribution in [1.29, 1.82) is 0 Å². The highest BCUT2D eigenvalue weighted by Crippen LogP contribution is 2.35. The molecule has 32 heavy (non-hydrogen) atoms. The van der Waals surface area contributed by atoms with Crippen LogP contribution in [0.3, 0.4) is 0 Å². The third-order valence-corrected chi connectivity index (χ3v) is 5.54. The summed E-state index contributed by atoms with van der Waals surface area (Å²) in [4.78, 5) is 24.7. The number of ether oxygens (including phenoxy) is 2. The largest absolute Gasteiger partial charge is 0.507 e. The van der Waals surface area contributed by atoms with Crippen LogP contribution in [0, 0.1) is 0 Å². The molecule has 3 heterocycles. The first-order chi connectivity index (χ1) is 15.6. The maximum absolute atomic E-state index is 12.6. The first-order valence-electron chi connectivity index (χ1n) is 10.3. The van der Waals surface area contributed by atoms with E-state index >= 15 is 0 Å². The van der Waals surface area contributed by atoms with Crippen LogP contribution in [0.4, 0.5) is 0 Å². The fourth-order valence-electron chi connectivity index (χ4n) is 3.86. The molecule has 8 nitrogen and oxygen atoms in total. The van der Waals surface area contributed by atoms with Gasteiger partial charge in [-0.15, -0.1) is 0 Å². The number of aromatic amines is 1. The van der Waals surface area contributed by atoms with E-state index in [1.54, 1.807) is 37.6 Å². The molecule has 1 aliphatic heterocycles. The van der Waals surface area contributed by atoms with E-state index in [0.717, 1.165) is 23.1 Å². The molecular weight excluding hydrogens is 408 g/mol. The van der Waals surface area contributed by atoms with Gasteiger partial charge in [0.25, 0.3) is 5.91 Å². The van der Waals surface area contributed by atoms with Gasteiger partial charge in [0.15, 0.2) is 0 Å². The number of hydrogen-bond acceptors (Lipinski definition) is 6. The Morgan fingerprint density at radius 3 is 2.94 bits per heavy atom. The number of nitrogens with one attached hydrogen (secondary N) is 2. The number of imidazole rings is 1. The molecule has 0 saturated carbocycles. The Labute approximate surface area is 184 Å². The van der Waals surface area contributed by atoms with Crippen LogP contribution in [0.15, 0.2) is 54.7 Å². The van der Waals surface area contributed by atoms with E-state index in [1.165, 1.54) is 0 Å². The second kappa shape index (κ2) is 8.32. The van der Waals surface area contributed by atoms with Crippen molar-refractivity contribution in [3.8, 4) is 34.1 Å². The van der Waals surface area contributed by atoms with Gasteiger partial charge < -0.3 is 24.9 Å². The van der Waals surface area contributed by atoms with Crippen molar-refractivity contribution >= 4 is 16.9 Å². The molecule has 1 unspecified atom stereocenters. The van der Waals surface area contributed by atoms with Crippen molar-refractivity contribution in [3.63, 3.8) is 0 Å². The molecule has 2 aromatic carbocycles. The van der Waals surface area contributed by atoms with E-state index in [9.17, 15) is 9.90 Å². The summed E-state index contributed by atoms with van der Waals surface area (Å²) >= 11 is 0. The zero-order valence-corrected chi connectivity index (χ0v) is 17.5. The Morgan fingerprint density at radius 1 is 1.22 bits per heavy atom. The van der Waals surface area contributed by atoms with E-state index in [-0.39, 0.29) is 17.7 Å². The van der Waals surface area contributed by atoms with Crippen LogP contribution in [-0.2, 0) is 4.74 Å². The molecule has 162 valence electrons. The molecular formula is C24H22N4O4. The molecule has 0 radical (unpaired) electrons. The van der Waals surface area contributed by atoms with E-state index in [4.69, 9.17) is 9.47 Å². The van der Waals surface area contributed by atoms with Gasteiger partial charge in [-0.05, 0) is 54.4 Å². The molecule has 0 bridgehead atoms. The number of aromatic nitrogens is 3. The average molecular weight is 430 g/mol. The van der Waals surface area contributed by atoms with Crippen LogP contribution in [0.25, 0.3) is 33.5 Å². The number of pyridine rings is 1. The summed E-state index contributed by atoms with van der Waals surface area (Å²) in [7, 11) is 1.57. The monoisotopic (exact) mass is 430 g/mol. The number of phenolic OH excluding ortho intramolecular Hbond substituents is 1. The van der Waals surface area contributed by atoms with Gasteiger partial charge in [-0.1, -0.05) is 6.07 Å². The molecule has 1 amide bonds. The van der Waals surface area contributed by atoms with Crippen LogP contribution in [-0.4, -0.2) is 52.3 Å². The Bertz CT molecular complexity index is 1290. The van der Waals surface area contributed by atoms with Gasteiger partial charge in [0.1, 0.15) is 11.6 Å². The van der Waals surface area contributed by atoms with Gasteiger partial charge in [-0.25, -0.2) is 9.97 Å². The van der Waals surface area contributed by atoms with Gasteiger partial charge >= 0.3 is 0 Å². The van der Waals surface area contributed by atoms with Crippen molar-refractivity contribution in [1.82, 2.24) is 20.3 Å². The molecule has 1 atom stereocenters. The SMILES string of the molecule is COc1ncccc1-c1ccc(O)c(-c2nc3cc(C(=O)NC4CCOC4)ccc3[nH]2)c1. The average Bonchev–Trinajstić information content (AvgIpc) is 3.48. The number of aromatic hydroxyl groups is 1. The van der Waals surface area contributed by atoms with Crippen molar-refractivity contribution in [2.75, 3.05) is 20.3 Å². The first kappa shape index (κ1) is 20.0. The lowest BCUT2D eigenvalue weighted by atomic mass is 10.0. The summed E-state index contributed by atoms with van der Waals surface area (Å²) < 4.78 is 10.7. The number of rotatable bonds is 5. The molecule has 0 spiro atoms. The minimum atomic E-state index is -0.152. The summed E-state index contributed by atoms with van der Waals surface area (Å²) in [6.45, 7) is 1.21. The fourth-order valence-corrected chi connectivity index (χ4v) is 3.86. The van der Waals surface area contributed by atoms with Crippen molar-refractivity contribution in [2.24, 2.45) is 0 Å². The quantitative estimate of drug-likeness (QED) is 0.447. The molecule has 0 aliphatic carbocycles. The van der Waals surface area contributed by atoms with E-state index in [2.05, 4.69) is 20.3 Å². The van der Waals surface area contributed by atoms with Crippen LogP contribution >= 0.6 is 0 Å². The smallest absolute Gasteiger partial charge is 0.251 e. The molecule has 2 aromatic heterocycles. The lowest BCUT2D eigenvalue weighted by molar-refractivity contribution is 0.0930. The maximum atomic E-state index is 12.6. The third kappa shape index (κ3) is 3.76. The molecule has 8 heteroatoms. The Hall–Kier alpha value is -3.91. The Balaban J connectivity index is 1.48. The van der Waals surface area contributed by atoms with E-state index in [0.29, 0.717) is 41.6 Å². The number of H-pyrrole nitrogens is 1. The number of fused-ring (bicyclic) bond motifs is 1. The number of carbonyl (C=O) groups excluding carboxylic acids is 1. The number of amides is 1. The molecule has 1 fully saturated rings. The van der Waals surface area contributed by atoms with E-state index < -0.39 is 0 Å². The molecule has 1 saturated heterocycles. The summed E-state index contributed by atoms with van der Waals surface area (Å²) in [5, 5.41) is 13.5. The number of phenols is 1. The lowest BCUT2D eigenvalue weighted by Crippen LogP contribution is -2.34. The predicted octanol–water partition coefficient (Wildman–Crippen LogP) is 3.52. The molecule has 5 rings (SSSR count). The van der Waals surface area contributed by atoms with Crippen molar-refractivity contribution < 1.29 is 19.4 Å². The van der Waals surface area contributed by atoms with Gasteiger partial charge in [-0.2, -0.15) is 0 Å². The standard InChI is InChI=1S/C24H22N4O4/c1-31-24-17(3-2-9-25-24)14-5-7-21(29)18(11-14)22-27-19-6-4-15(12-20(19)28-22)23(30)26-16-8-10-32-13-16/h2-7,9,11-12,16,29H,8,10,13H2,1H3,(H,26,30)(H,27,28). The summed E-state index contributed by atoms with van der Waals surface area (Å²) in [6.07, 6.45) is 2.48. The van der Waals surface area contributed by atoms with Crippen LogP contribution in [0.5, 0.6) is 11.6 Å². The van der Waals surface area contributed by atoms with Gasteiger partial charge in [0.2, 0.25) is 5.88 Å². The number of benzene rings is 2. The summed E-state index contributed by atoms with van der Waals surface area (Å²) in [5.74, 6) is 0.941. The zero-order valence-electron chi connectivity index (χ0n) is 17.5. The third-order valence-electron chi connectivity index (χ3n) is 5.54. The second-order valence-corrected chi connectivity index (χ2v) is 7.64. The molecule has 4 aromatic rings. The number of nitrogens with zero attached hydrogens (tertiary/aromatic N) is 2. The van der Waals surface area contributed by atoms with Crippen molar-refractivity contribution in [2.45, 2.75) is 12.5 Å². The van der Waals surface area contributed by atoms with Crippen LogP contribution in [0.1, 0.15) is 16.8 Å². The number of carbonyl (C=O) groups is 1. The minimum Gasteiger partial charge on any atom is -0.507 e. The van der Waals surface area contributed by atoms with Crippen molar-refractivity contribution in [3.05, 3.63) is 60.3 Å². The first-order valence-corrected chi connectivity index (χ1v) is 10.3. The highest BCUT2D eigenvalue weighted by atomic mass is 16.5. The van der Waals surface area contributed by atoms with Crippen LogP contribution in [0.2, 0.25) is 0 Å². The van der Waals surface area contributed by atoms with Gasteiger partial charge in [0.05, 0.1) is 36.4 Å².